The van der Waals surface area contributed by atoms with E-state index in [2.05, 4.69) is 16.1 Å². The zero-order valence-electron chi connectivity index (χ0n) is 10.8. The first-order chi connectivity index (χ1) is 9.24. The SMILES string of the molecule is FC(F)Oc1cccc(/C=C/C2CCCCCN2)c1. The number of ether oxygens (including phenoxy) is 1. The topological polar surface area (TPSA) is 21.3 Å². The van der Waals surface area contributed by atoms with Gasteiger partial charge in [0.05, 0.1) is 0 Å². The first kappa shape index (κ1) is 14.0. The molecule has 1 heterocycles. The van der Waals surface area contributed by atoms with E-state index in [1.165, 1.54) is 25.3 Å². The molecule has 2 rings (SSSR count). The number of nitrogens with one attached hydrogen (secondary N) is 1. The van der Waals surface area contributed by atoms with E-state index in [4.69, 9.17) is 0 Å². The van der Waals surface area contributed by atoms with E-state index in [0.29, 0.717) is 6.04 Å². The fourth-order valence-electron chi connectivity index (χ4n) is 2.24. The minimum absolute atomic E-state index is 0.200. The molecule has 1 saturated heterocycles. The van der Waals surface area contributed by atoms with Crippen molar-refractivity contribution in [3.05, 3.63) is 35.9 Å². The fraction of sp³-hybridized carbons (Fsp3) is 0.467. The summed E-state index contributed by atoms with van der Waals surface area (Å²) in [7, 11) is 0. The van der Waals surface area contributed by atoms with Gasteiger partial charge in [-0.25, -0.2) is 0 Å². The van der Waals surface area contributed by atoms with Crippen molar-refractivity contribution in [2.45, 2.75) is 38.3 Å². The van der Waals surface area contributed by atoms with Gasteiger partial charge < -0.3 is 10.1 Å². The Bertz CT molecular complexity index is 412. The summed E-state index contributed by atoms with van der Waals surface area (Å²) < 4.78 is 28.6. The second-order valence-corrected chi connectivity index (χ2v) is 4.72. The Morgan fingerprint density at radius 1 is 1.26 bits per heavy atom. The standard InChI is InChI=1S/C15H19F2NO/c16-15(17)19-14-7-4-5-12(11-14)8-9-13-6-2-1-3-10-18-13/h4-5,7-9,11,13,15,18H,1-3,6,10H2/b9-8+. The van der Waals surface area contributed by atoms with Crippen molar-refractivity contribution in [2.75, 3.05) is 6.54 Å². The lowest BCUT2D eigenvalue weighted by Crippen LogP contribution is -2.25. The first-order valence-electron chi connectivity index (χ1n) is 6.70. The Kier molecular flexibility index (Phi) is 5.33. The molecular weight excluding hydrogens is 248 g/mol. The molecule has 1 aliphatic heterocycles. The summed E-state index contributed by atoms with van der Waals surface area (Å²) in [6.45, 7) is -1.73. The third-order valence-electron chi connectivity index (χ3n) is 3.20. The number of benzene rings is 1. The van der Waals surface area contributed by atoms with Gasteiger partial charge in [0.1, 0.15) is 5.75 Å². The first-order valence-corrected chi connectivity index (χ1v) is 6.70. The van der Waals surface area contributed by atoms with Crippen LogP contribution in [0.3, 0.4) is 0 Å². The number of rotatable bonds is 4. The van der Waals surface area contributed by atoms with Gasteiger partial charge in [-0.15, -0.1) is 0 Å². The summed E-state index contributed by atoms with van der Waals surface area (Å²) in [5.41, 5.74) is 0.879. The number of hydrogen-bond donors (Lipinski definition) is 1. The Hall–Kier alpha value is -1.42. The van der Waals surface area contributed by atoms with Gasteiger partial charge in [-0.3, -0.25) is 0 Å². The molecule has 1 unspecified atom stereocenters. The molecule has 0 radical (unpaired) electrons. The Morgan fingerprint density at radius 3 is 3.00 bits per heavy atom. The van der Waals surface area contributed by atoms with Crippen molar-refractivity contribution in [1.82, 2.24) is 5.32 Å². The fourth-order valence-corrected chi connectivity index (χ4v) is 2.24. The quantitative estimate of drug-likeness (QED) is 0.895. The molecule has 0 saturated carbocycles. The highest BCUT2D eigenvalue weighted by molar-refractivity contribution is 5.52. The van der Waals surface area contributed by atoms with Crippen LogP contribution in [-0.2, 0) is 0 Å². The van der Waals surface area contributed by atoms with Gasteiger partial charge in [0.2, 0.25) is 0 Å². The van der Waals surface area contributed by atoms with Crippen molar-refractivity contribution in [1.29, 1.82) is 0 Å². The molecule has 0 aliphatic carbocycles. The monoisotopic (exact) mass is 267 g/mol. The van der Waals surface area contributed by atoms with Crippen LogP contribution < -0.4 is 10.1 Å². The number of alkyl halides is 2. The van der Waals surface area contributed by atoms with E-state index < -0.39 is 6.61 Å². The minimum Gasteiger partial charge on any atom is -0.435 e. The van der Waals surface area contributed by atoms with Crippen LogP contribution in [0.5, 0.6) is 5.75 Å². The molecule has 1 N–H and O–H groups in total. The average molecular weight is 267 g/mol. The van der Waals surface area contributed by atoms with E-state index in [9.17, 15) is 8.78 Å². The second-order valence-electron chi connectivity index (χ2n) is 4.72. The Balaban J connectivity index is 1.97. The van der Waals surface area contributed by atoms with Crippen molar-refractivity contribution < 1.29 is 13.5 Å². The Labute approximate surface area is 112 Å². The lowest BCUT2D eigenvalue weighted by atomic mass is 10.1. The lowest BCUT2D eigenvalue weighted by Gasteiger charge is -2.10. The molecule has 0 bridgehead atoms. The molecule has 0 aromatic heterocycles. The van der Waals surface area contributed by atoms with E-state index in [1.54, 1.807) is 12.1 Å². The molecule has 1 aliphatic rings. The van der Waals surface area contributed by atoms with Crippen LogP contribution in [0.4, 0.5) is 8.78 Å². The molecular formula is C15H19F2NO. The molecule has 1 fully saturated rings. The van der Waals surface area contributed by atoms with Crippen molar-refractivity contribution in [3.8, 4) is 5.75 Å². The highest BCUT2D eigenvalue weighted by Crippen LogP contribution is 2.17. The maximum atomic E-state index is 12.1. The van der Waals surface area contributed by atoms with Gasteiger partial charge in [-0.05, 0) is 37.1 Å². The van der Waals surface area contributed by atoms with E-state index >= 15 is 0 Å². The van der Waals surface area contributed by atoms with Gasteiger partial charge >= 0.3 is 6.61 Å². The van der Waals surface area contributed by atoms with Crippen molar-refractivity contribution >= 4 is 6.08 Å². The molecule has 1 atom stereocenters. The van der Waals surface area contributed by atoms with E-state index in [0.717, 1.165) is 18.5 Å². The highest BCUT2D eigenvalue weighted by atomic mass is 19.3. The highest BCUT2D eigenvalue weighted by Gasteiger charge is 2.08. The minimum atomic E-state index is -2.78. The van der Waals surface area contributed by atoms with E-state index in [1.807, 2.05) is 12.1 Å². The summed E-state index contributed by atoms with van der Waals surface area (Å²) >= 11 is 0. The predicted molar refractivity (Wildman–Crippen MR) is 72.4 cm³/mol. The van der Waals surface area contributed by atoms with Gasteiger partial charge in [-0.2, -0.15) is 8.78 Å². The summed E-state index contributed by atoms with van der Waals surface area (Å²) in [5, 5.41) is 3.46. The maximum Gasteiger partial charge on any atom is 0.387 e. The zero-order chi connectivity index (χ0) is 13.5. The zero-order valence-corrected chi connectivity index (χ0v) is 10.8. The van der Waals surface area contributed by atoms with Crippen LogP contribution in [0, 0.1) is 0 Å². The summed E-state index contributed by atoms with van der Waals surface area (Å²) in [6.07, 6.45) is 8.92. The normalized spacial score (nSPS) is 20.7. The van der Waals surface area contributed by atoms with E-state index in [-0.39, 0.29) is 5.75 Å². The molecule has 104 valence electrons. The summed E-state index contributed by atoms with van der Waals surface area (Å²) in [6, 6.07) is 7.14. The molecule has 1 aromatic carbocycles. The smallest absolute Gasteiger partial charge is 0.387 e. The van der Waals surface area contributed by atoms with Crippen molar-refractivity contribution in [3.63, 3.8) is 0 Å². The summed E-state index contributed by atoms with van der Waals surface area (Å²) in [4.78, 5) is 0. The average Bonchev–Trinajstić information content (AvgIpc) is 2.64. The number of hydrogen-bond acceptors (Lipinski definition) is 2. The van der Waals surface area contributed by atoms with Crippen LogP contribution in [0.15, 0.2) is 30.3 Å². The van der Waals surface area contributed by atoms with Gasteiger partial charge in [-0.1, -0.05) is 37.1 Å². The van der Waals surface area contributed by atoms with Crippen molar-refractivity contribution in [2.24, 2.45) is 0 Å². The van der Waals surface area contributed by atoms with Crippen LogP contribution in [0.2, 0.25) is 0 Å². The maximum absolute atomic E-state index is 12.1. The molecule has 2 nitrogen and oxygen atoms in total. The molecule has 1 aromatic rings. The molecule has 19 heavy (non-hydrogen) atoms. The third kappa shape index (κ3) is 4.99. The van der Waals surface area contributed by atoms with Crippen LogP contribution in [-0.4, -0.2) is 19.2 Å². The van der Waals surface area contributed by atoms with Crippen LogP contribution in [0.25, 0.3) is 6.08 Å². The Morgan fingerprint density at radius 2 is 2.16 bits per heavy atom. The van der Waals surface area contributed by atoms with Gasteiger partial charge in [0, 0.05) is 6.04 Å². The molecule has 4 heteroatoms. The van der Waals surface area contributed by atoms with Crippen LogP contribution >= 0.6 is 0 Å². The largest absolute Gasteiger partial charge is 0.435 e. The van der Waals surface area contributed by atoms with Gasteiger partial charge in [0.25, 0.3) is 0 Å². The lowest BCUT2D eigenvalue weighted by molar-refractivity contribution is -0.0498. The molecule has 0 spiro atoms. The van der Waals surface area contributed by atoms with Crippen LogP contribution in [0.1, 0.15) is 31.2 Å². The van der Waals surface area contributed by atoms with Gasteiger partial charge in [0.15, 0.2) is 0 Å². The second kappa shape index (κ2) is 7.24. The summed E-state index contributed by atoms with van der Waals surface area (Å²) in [5.74, 6) is 0.200. The third-order valence-corrected chi connectivity index (χ3v) is 3.20. The number of halogens is 2. The molecule has 0 amide bonds. The predicted octanol–water partition coefficient (Wildman–Crippen LogP) is 3.83.